The van der Waals surface area contributed by atoms with E-state index < -0.39 is 0 Å². The standard InChI is InChI=1S/C18H19N7O3S/c1-25(15-13-14(20-9-21-15)23-17(19)22-13)6-7-28-11-4-2-10(3-5-11)8-12-16(26)24-18(27)29-12/h2-5,9,12H,6-8H2,1H3,(H,24,26,27)(H3,19,20,21,22,23). The van der Waals surface area contributed by atoms with Crippen molar-refractivity contribution in [3.05, 3.63) is 36.2 Å². The fourth-order valence-electron chi connectivity index (χ4n) is 2.99. The third-order valence-electron chi connectivity index (χ3n) is 4.46. The van der Waals surface area contributed by atoms with E-state index in [1.165, 1.54) is 6.33 Å². The van der Waals surface area contributed by atoms with Gasteiger partial charge in [0.2, 0.25) is 5.91 Å². The lowest BCUT2D eigenvalue weighted by molar-refractivity contribution is -0.118. The molecule has 1 fully saturated rings. The average molecular weight is 413 g/mol. The molecule has 3 aromatic rings. The summed E-state index contributed by atoms with van der Waals surface area (Å²) in [7, 11) is 1.90. The zero-order chi connectivity index (χ0) is 20.4. The smallest absolute Gasteiger partial charge is 0.286 e. The maximum absolute atomic E-state index is 11.7. The lowest BCUT2D eigenvalue weighted by atomic mass is 10.1. The first-order chi connectivity index (χ1) is 14.0. The lowest BCUT2D eigenvalue weighted by Crippen LogP contribution is -2.25. The predicted molar refractivity (Wildman–Crippen MR) is 110 cm³/mol. The highest BCUT2D eigenvalue weighted by atomic mass is 32.2. The number of fused-ring (bicyclic) bond motifs is 1. The number of nitrogens with zero attached hydrogens (tertiary/aromatic N) is 4. The summed E-state index contributed by atoms with van der Waals surface area (Å²) in [5, 5.41) is 1.64. The largest absolute Gasteiger partial charge is 0.492 e. The zero-order valence-electron chi connectivity index (χ0n) is 15.6. The van der Waals surface area contributed by atoms with Gasteiger partial charge in [0, 0.05) is 7.05 Å². The van der Waals surface area contributed by atoms with Gasteiger partial charge in [0.05, 0.1) is 11.8 Å². The molecule has 1 saturated heterocycles. The van der Waals surface area contributed by atoms with Crippen molar-refractivity contribution in [1.82, 2.24) is 25.3 Å². The average Bonchev–Trinajstić information content (AvgIpc) is 3.23. The highest BCUT2D eigenvalue weighted by molar-refractivity contribution is 8.15. The van der Waals surface area contributed by atoms with Crippen LogP contribution >= 0.6 is 11.8 Å². The highest BCUT2D eigenvalue weighted by Crippen LogP contribution is 2.24. The van der Waals surface area contributed by atoms with Crippen molar-refractivity contribution >= 4 is 45.8 Å². The van der Waals surface area contributed by atoms with Gasteiger partial charge in [0.15, 0.2) is 17.4 Å². The summed E-state index contributed by atoms with van der Waals surface area (Å²) in [6, 6.07) is 7.51. The molecule has 1 aliphatic heterocycles. The predicted octanol–water partition coefficient (Wildman–Crippen LogP) is 1.34. The van der Waals surface area contributed by atoms with Gasteiger partial charge in [-0.2, -0.15) is 4.98 Å². The molecule has 0 saturated carbocycles. The third kappa shape index (κ3) is 4.24. The van der Waals surface area contributed by atoms with E-state index in [2.05, 4.69) is 25.3 Å². The van der Waals surface area contributed by atoms with Crippen molar-refractivity contribution in [3.63, 3.8) is 0 Å². The number of nitrogens with two attached hydrogens (primary N) is 1. The van der Waals surface area contributed by atoms with Crippen LogP contribution in [0.4, 0.5) is 16.6 Å². The van der Waals surface area contributed by atoms with Gasteiger partial charge in [-0.1, -0.05) is 23.9 Å². The Kier molecular flexibility index (Phi) is 5.21. The van der Waals surface area contributed by atoms with Crippen LogP contribution in [0, 0.1) is 0 Å². The molecule has 0 radical (unpaired) electrons. The van der Waals surface area contributed by atoms with Crippen LogP contribution in [0.25, 0.3) is 11.2 Å². The number of imide groups is 1. The van der Waals surface area contributed by atoms with Crippen LogP contribution in [0.2, 0.25) is 0 Å². The Balaban J connectivity index is 1.31. The molecule has 0 spiro atoms. The fraction of sp³-hybridized carbons (Fsp3) is 0.278. The Labute approximate surface area is 170 Å². The summed E-state index contributed by atoms with van der Waals surface area (Å²) in [5.41, 5.74) is 7.87. The van der Waals surface area contributed by atoms with Gasteiger partial charge in [-0.05, 0) is 24.1 Å². The number of anilines is 2. The highest BCUT2D eigenvalue weighted by Gasteiger charge is 2.31. The van der Waals surface area contributed by atoms with Gasteiger partial charge in [0.1, 0.15) is 24.2 Å². The minimum Gasteiger partial charge on any atom is -0.492 e. The SMILES string of the molecule is CN(CCOc1ccc(CC2SC(=O)NC2=O)cc1)c1ncnc2nc(N)[nH]c12. The molecule has 11 heteroatoms. The third-order valence-corrected chi connectivity index (χ3v) is 5.44. The van der Waals surface area contributed by atoms with Crippen LogP contribution in [0.15, 0.2) is 30.6 Å². The summed E-state index contributed by atoms with van der Waals surface area (Å²) in [6.45, 7) is 1.04. The molecule has 4 N–H and O–H groups in total. The van der Waals surface area contributed by atoms with Gasteiger partial charge in [-0.25, -0.2) is 9.97 Å². The number of likely N-dealkylation sites (N-methyl/N-ethyl adjacent to an activating group) is 1. The number of carbonyl (C=O) groups is 2. The van der Waals surface area contributed by atoms with E-state index in [0.717, 1.165) is 23.1 Å². The van der Waals surface area contributed by atoms with E-state index in [-0.39, 0.29) is 16.4 Å². The summed E-state index contributed by atoms with van der Waals surface area (Å²) in [5.74, 6) is 1.48. The maximum atomic E-state index is 11.7. The maximum Gasteiger partial charge on any atom is 0.286 e. The molecule has 1 unspecified atom stereocenters. The Morgan fingerprint density at radius 1 is 1.24 bits per heavy atom. The van der Waals surface area contributed by atoms with Crippen LogP contribution < -0.4 is 20.7 Å². The van der Waals surface area contributed by atoms with E-state index in [9.17, 15) is 9.59 Å². The van der Waals surface area contributed by atoms with Crippen LogP contribution in [-0.4, -0.2) is 56.5 Å². The molecular formula is C18H19N7O3S. The second-order valence-corrected chi connectivity index (χ2v) is 7.69. The molecule has 10 nitrogen and oxygen atoms in total. The Bertz CT molecular complexity index is 1050. The minimum absolute atomic E-state index is 0.235. The zero-order valence-corrected chi connectivity index (χ0v) is 16.4. The second-order valence-electron chi connectivity index (χ2n) is 6.52. The van der Waals surface area contributed by atoms with E-state index >= 15 is 0 Å². The number of aromatic nitrogens is 4. The van der Waals surface area contributed by atoms with Gasteiger partial charge < -0.3 is 20.4 Å². The summed E-state index contributed by atoms with van der Waals surface area (Å²) < 4.78 is 5.80. The molecule has 1 aliphatic rings. The van der Waals surface area contributed by atoms with Gasteiger partial charge >= 0.3 is 0 Å². The molecule has 0 aliphatic carbocycles. The Morgan fingerprint density at radius 3 is 2.76 bits per heavy atom. The summed E-state index contributed by atoms with van der Waals surface area (Å²) in [4.78, 5) is 40.3. The van der Waals surface area contributed by atoms with E-state index in [1.807, 2.05) is 36.2 Å². The van der Waals surface area contributed by atoms with Crippen molar-refractivity contribution in [2.24, 2.45) is 0 Å². The number of rotatable bonds is 7. The number of hydrogen-bond donors (Lipinski definition) is 3. The Morgan fingerprint density at radius 2 is 2.03 bits per heavy atom. The number of hydrogen-bond acceptors (Lipinski definition) is 9. The monoisotopic (exact) mass is 413 g/mol. The molecule has 2 aromatic heterocycles. The van der Waals surface area contributed by atoms with E-state index in [0.29, 0.717) is 42.5 Å². The molecule has 4 rings (SSSR count). The first-order valence-electron chi connectivity index (χ1n) is 8.90. The number of amides is 2. The number of benzene rings is 1. The summed E-state index contributed by atoms with van der Waals surface area (Å²) in [6.07, 6.45) is 1.95. The number of aromatic amines is 1. The number of carbonyl (C=O) groups excluding carboxylic acids is 2. The van der Waals surface area contributed by atoms with Crippen molar-refractivity contribution in [1.29, 1.82) is 0 Å². The molecule has 150 valence electrons. The number of imidazole rings is 1. The topological polar surface area (TPSA) is 139 Å². The molecular weight excluding hydrogens is 394 g/mol. The number of nitrogens with one attached hydrogen (secondary N) is 2. The lowest BCUT2D eigenvalue weighted by Gasteiger charge is -2.18. The van der Waals surface area contributed by atoms with Crippen molar-refractivity contribution in [3.8, 4) is 5.75 Å². The molecule has 2 amide bonds. The van der Waals surface area contributed by atoms with Crippen molar-refractivity contribution < 1.29 is 14.3 Å². The summed E-state index contributed by atoms with van der Waals surface area (Å²) >= 11 is 1.03. The van der Waals surface area contributed by atoms with Crippen molar-refractivity contribution in [2.45, 2.75) is 11.7 Å². The molecule has 1 atom stereocenters. The van der Waals surface area contributed by atoms with Crippen molar-refractivity contribution in [2.75, 3.05) is 30.8 Å². The second kappa shape index (κ2) is 7.95. The van der Waals surface area contributed by atoms with Crippen LogP contribution in [0.3, 0.4) is 0 Å². The first kappa shape index (κ1) is 19.0. The van der Waals surface area contributed by atoms with E-state index in [4.69, 9.17) is 10.5 Å². The van der Waals surface area contributed by atoms with Gasteiger partial charge in [-0.15, -0.1) is 0 Å². The normalized spacial score (nSPS) is 16.2. The molecule has 1 aromatic carbocycles. The molecule has 29 heavy (non-hydrogen) atoms. The number of thioether (sulfide) groups is 1. The number of nitrogen functional groups attached to an aromatic ring is 1. The molecule has 3 heterocycles. The van der Waals surface area contributed by atoms with E-state index in [1.54, 1.807) is 0 Å². The van der Waals surface area contributed by atoms with Crippen LogP contribution in [0.5, 0.6) is 5.75 Å². The van der Waals surface area contributed by atoms with Gasteiger partial charge in [-0.3, -0.25) is 14.9 Å². The molecule has 0 bridgehead atoms. The van der Waals surface area contributed by atoms with Crippen LogP contribution in [-0.2, 0) is 11.2 Å². The van der Waals surface area contributed by atoms with Crippen LogP contribution in [0.1, 0.15) is 5.56 Å². The number of ether oxygens (including phenoxy) is 1. The fourth-order valence-corrected chi connectivity index (χ4v) is 3.85. The Hall–Kier alpha value is -3.34. The minimum atomic E-state index is -0.371. The first-order valence-corrected chi connectivity index (χ1v) is 9.78. The number of H-pyrrole nitrogens is 1. The van der Waals surface area contributed by atoms with Gasteiger partial charge in [0.25, 0.3) is 5.24 Å². The quantitative estimate of drug-likeness (QED) is 0.523.